The van der Waals surface area contributed by atoms with E-state index >= 15 is 0 Å². The van der Waals surface area contributed by atoms with Crippen LogP contribution in [0.25, 0.3) is 22.1 Å². The van der Waals surface area contributed by atoms with Gasteiger partial charge in [0.2, 0.25) is 0 Å². The van der Waals surface area contributed by atoms with Gasteiger partial charge in [0.1, 0.15) is 6.20 Å². The monoisotopic (exact) mass is 265 g/mol. The van der Waals surface area contributed by atoms with E-state index in [2.05, 4.69) is 46.5 Å². The molecule has 0 unspecified atom stereocenters. The first kappa shape index (κ1) is 11.8. The van der Waals surface area contributed by atoms with Crippen LogP contribution < -0.4 is 4.57 Å². The van der Waals surface area contributed by atoms with Crippen LogP contribution >= 0.6 is 11.3 Å². The molecule has 0 aliphatic rings. The zero-order chi connectivity index (χ0) is 13.1. The van der Waals surface area contributed by atoms with E-state index in [0.717, 1.165) is 10.8 Å². The summed E-state index contributed by atoms with van der Waals surface area (Å²) in [6, 6.07) is 14.3. The lowest BCUT2D eigenvalue weighted by molar-refractivity contribution is -0.568. The van der Waals surface area contributed by atoms with Gasteiger partial charge in [-0.05, 0) is 29.3 Å². The molecule has 0 saturated carbocycles. The molecule has 2 aromatic heterocycles. The van der Waals surface area contributed by atoms with Gasteiger partial charge in [-0.25, -0.2) is 0 Å². The Morgan fingerprint density at radius 3 is 2.74 bits per heavy atom. The first-order valence-corrected chi connectivity index (χ1v) is 6.86. The molecule has 0 N–H and O–H groups in total. The summed E-state index contributed by atoms with van der Waals surface area (Å²) in [6.07, 6.45) is 7.61. The molecule has 1 aromatic carbocycles. The fourth-order valence-corrected chi connectivity index (χ4v) is 3.05. The summed E-state index contributed by atoms with van der Waals surface area (Å²) < 4.78 is 3.41. The summed E-state index contributed by atoms with van der Waals surface area (Å²) in [4.78, 5) is 4.45. The molecule has 0 aliphatic carbocycles. The third kappa shape index (κ3) is 2.20. The normalized spacial score (nSPS) is 11.2. The molecule has 19 heavy (non-hydrogen) atoms. The standard InChI is InChI=1S/C16H13N2S/c1-2-3-11-16-18(15-10-6-7-12-17-15)13-8-4-5-9-14(13)19-16/h2-12H,1H2/q+1. The molecule has 3 heteroatoms. The summed E-state index contributed by atoms with van der Waals surface area (Å²) >= 11 is 1.75. The number of fused-ring (bicyclic) bond motifs is 1. The average Bonchev–Trinajstić information content (AvgIpc) is 2.84. The number of thiazole rings is 1. The van der Waals surface area contributed by atoms with Crippen molar-refractivity contribution in [1.29, 1.82) is 0 Å². The maximum Gasteiger partial charge on any atom is 0.329 e. The summed E-state index contributed by atoms with van der Waals surface area (Å²) in [5, 5.41) is 1.14. The smallest absolute Gasteiger partial charge is 0.179 e. The molecule has 0 spiro atoms. The van der Waals surface area contributed by atoms with Crippen LogP contribution in [-0.4, -0.2) is 4.98 Å². The van der Waals surface area contributed by atoms with Crippen molar-refractivity contribution in [3.05, 3.63) is 72.4 Å². The molecule has 0 fully saturated rings. The Morgan fingerprint density at radius 2 is 1.95 bits per heavy atom. The maximum absolute atomic E-state index is 4.45. The Labute approximate surface area is 116 Å². The highest BCUT2D eigenvalue weighted by molar-refractivity contribution is 7.18. The zero-order valence-corrected chi connectivity index (χ0v) is 11.2. The molecule has 2 nitrogen and oxygen atoms in total. The highest BCUT2D eigenvalue weighted by Crippen LogP contribution is 2.22. The molecule has 0 saturated heterocycles. The second kappa shape index (κ2) is 5.16. The second-order valence-corrected chi connectivity index (χ2v) is 5.09. The lowest BCUT2D eigenvalue weighted by Crippen LogP contribution is -2.33. The summed E-state index contributed by atoms with van der Waals surface area (Å²) in [6.45, 7) is 3.73. The van der Waals surface area contributed by atoms with E-state index < -0.39 is 0 Å². The van der Waals surface area contributed by atoms with Gasteiger partial charge in [-0.15, -0.1) is 0 Å². The Balaban J connectivity index is 2.30. The van der Waals surface area contributed by atoms with Crippen molar-refractivity contribution in [3.63, 3.8) is 0 Å². The van der Waals surface area contributed by atoms with E-state index in [1.165, 1.54) is 10.2 Å². The van der Waals surface area contributed by atoms with Gasteiger partial charge < -0.3 is 0 Å². The van der Waals surface area contributed by atoms with Crippen LogP contribution in [0.3, 0.4) is 0 Å². The lowest BCUT2D eigenvalue weighted by Gasteiger charge is -1.95. The SMILES string of the molecule is C=CC=Cc1sc2ccccc2[n+]1-c1ccccn1. The topological polar surface area (TPSA) is 16.8 Å². The highest BCUT2D eigenvalue weighted by atomic mass is 32.1. The van der Waals surface area contributed by atoms with Crippen molar-refractivity contribution >= 4 is 27.6 Å². The number of benzene rings is 1. The number of allylic oxidation sites excluding steroid dienone is 2. The molecular formula is C16H13N2S+. The molecule has 0 atom stereocenters. The predicted octanol–water partition coefficient (Wildman–Crippen LogP) is 3.77. The first-order valence-electron chi connectivity index (χ1n) is 6.04. The Bertz CT molecular complexity index is 742. The van der Waals surface area contributed by atoms with Crippen LogP contribution in [0.15, 0.2) is 67.4 Å². The van der Waals surface area contributed by atoms with Crippen LogP contribution in [0.2, 0.25) is 0 Å². The Morgan fingerprint density at radius 1 is 1.11 bits per heavy atom. The van der Waals surface area contributed by atoms with E-state index in [9.17, 15) is 0 Å². The van der Waals surface area contributed by atoms with Crippen LogP contribution in [0.5, 0.6) is 0 Å². The average molecular weight is 265 g/mol. The zero-order valence-electron chi connectivity index (χ0n) is 10.4. The summed E-state index contributed by atoms with van der Waals surface area (Å²) in [5.41, 5.74) is 1.18. The number of rotatable bonds is 3. The molecular weight excluding hydrogens is 252 g/mol. The van der Waals surface area contributed by atoms with Crippen LogP contribution in [0.1, 0.15) is 5.01 Å². The molecule has 2 heterocycles. The first-order chi connectivity index (χ1) is 9.40. The molecule has 3 aromatic rings. The van der Waals surface area contributed by atoms with Gasteiger partial charge in [-0.2, -0.15) is 4.57 Å². The number of para-hydroxylation sites is 1. The fourth-order valence-electron chi connectivity index (χ4n) is 1.99. The predicted molar refractivity (Wildman–Crippen MR) is 80.4 cm³/mol. The van der Waals surface area contributed by atoms with Crippen molar-refractivity contribution < 1.29 is 4.57 Å². The lowest BCUT2D eigenvalue weighted by atomic mass is 10.3. The van der Waals surface area contributed by atoms with Crippen molar-refractivity contribution in [2.75, 3.05) is 0 Å². The number of hydrogen-bond acceptors (Lipinski definition) is 2. The van der Waals surface area contributed by atoms with Crippen LogP contribution in [0, 0.1) is 0 Å². The summed E-state index contributed by atoms with van der Waals surface area (Å²) in [5.74, 6) is 0.934. The van der Waals surface area contributed by atoms with Crippen molar-refractivity contribution in [1.82, 2.24) is 4.98 Å². The van der Waals surface area contributed by atoms with Gasteiger partial charge in [-0.1, -0.05) is 48.3 Å². The van der Waals surface area contributed by atoms with Gasteiger partial charge in [-0.3, -0.25) is 0 Å². The van der Waals surface area contributed by atoms with Gasteiger partial charge in [0, 0.05) is 6.07 Å². The molecule has 0 amide bonds. The molecule has 92 valence electrons. The van der Waals surface area contributed by atoms with Crippen molar-refractivity contribution in [3.8, 4) is 5.82 Å². The van der Waals surface area contributed by atoms with Crippen molar-refractivity contribution in [2.45, 2.75) is 0 Å². The minimum Gasteiger partial charge on any atom is -0.179 e. The maximum atomic E-state index is 4.45. The van der Waals surface area contributed by atoms with Crippen LogP contribution in [-0.2, 0) is 0 Å². The summed E-state index contributed by atoms with van der Waals surface area (Å²) in [7, 11) is 0. The third-order valence-electron chi connectivity index (χ3n) is 2.79. The largest absolute Gasteiger partial charge is 0.329 e. The number of aromatic nitrogens is 2. The van der Waals surface area contributed by atoms with Crippen LogP contribution in [0.4, 0.5) is 0 Å². The van der Waals surface area contributed by atoms with E-state index in [4.69, 9.17) is 0 Å². The third-order valence-corrected chi connectivity index (χ3v) is 3.89. The van der Waals surface area contributed by atoms with Gasteiger partial charge in [0.25, 0.3) is 0 Å². The number of nitrogens with zero attached hydrogens (tertiary/aromatic N) is 2. The number of pyridine rings is 1. The van der Waals surface area contributed by atoms with Gasteiger partial charge in [0.05, 0.1) is 4.70 Å². The fraction of sp³-hybridized carbons (Fsp3) is 0. The highest BCUT2D eigenvalue weighted by Gasteiger charge is 2.18. The second-order valence-electron chi connectivity index (χ2n) is 4.03. The van der Waals surface area contributed by atoms with E-state index in [1.54, 1.807) is 17.4 Å². The van der Waals surface area contributed by atoms with Gasteiger partial charge >= 0.3 is 5.82 Å². The quantitative estimate of drug-likeness (QED) is 0.520. The molecule has 0 bridgehead atoms. The molecule has 3 rings (SSSR count). The van der Waals surface area contributed by atoms with E-state index in [0.29, 0.717) is 0 Å². The Kier molecular flexibility index (Phi) is 3.21. The molecule has 0 aliphatic heterocycles. The minimum absolute atomic E-state index is 0.934. The minimum atomic E-state index is 0.934. The Hall–Kier alpha value is -2.26. The van der Waals surface area contributed by atoms with Crippen molar-refractivity contribution in [2.24, 2.45) is 0 Å². The van der Waals surface area contributed by atoms with E-state index in [1.807, 2.05) is 30.5 Å². The van der Waals surface area contributed by atoms with Gasteiger partial charge in [0.15, 0.2) is 10.5 Å². The molecule has 0 radical (unpaired) electrons. The number of hydrogen-bond donors (Lipinski definition) is 0. The van der Waals surface area contributed by atoms with E-state index in [-0.39, 0.29) is 0 Å².